The Labute approximate surface area is 55.0 Å². The molecular formula is NbO2Ti+5. The van der Waals surface area contributed by atoms with Crippen LogP contribution in [0.5, 0.6) is 0 Å². The summed E-state index contributed by atoms with van der Waals surface area (Å²) in [7, 11) is 0. The smallest absolute Gasteiger partial charge is 2.00 e. The van der Waals surface area contributed by atoms with Gasteiger partial charge in [-0.2, -0.15) is 0 Å². The molecule has 0 rings (SSSR count). The van der Waals surface area contributed by atoms with E-state index in [1.54, 1.807) is 0 Å². The van der Waals surface area contributed by atoms with Crippen molar-refractivity contribution in [3.63, 3.8) is 0 Å². The molecule has 0 aliphatic heterocycles. The van der Waals surface area contributed by atoms with E-state index in [-0.39, 0.29) is 55.1 Å². The SMILES string of the molecule is [Nb+5].[O-2].[O-2].[Ti+4]. The third-order valence-corrected chi connectivity index (χ3v) is 0. The van der Waals surface area contributed by atoms with Crippen LogP contribution >= 0.6 is 0 Å². The Hall–Kier alpha value is 1.37. The van der Waals surface area contributed by atoms with E-state index >= 15 is 0 Å². The molecule has 0 fully saturated rings. The molecule has 0 bridgehead atoms. The minimum absolute atomic E-state index is 0. The van der Waals surface area contributed by atoms with Gasteiger partial charge in [0, 0.05) is 0 Å². The van der Waals surface area contributed by atoms with Crippen molar-refractivity contribution in [2.24, 2.45) is 0 Å². The fourth-order valence-electron chi connectivity index (χ4n) is 0. The molecule has 16 valence electrons. The zero-order valence-corrected chi connectivity index (χ0v) is 5.52. The summed E-state index contributed by atoms with van der Waals surface area (Å²) in [5, 5.41) is 0. The Morgan fingerprint density at radius 1 is 0.750 bits per heavy atom. The molecule has 0 amide bonds. The van der Waals surface area contributed by atoms with Crippen LogP contribution in [-0.2, 0) is 55.1 Å². The molecule has 0 aromatic rings. The standard InChI is InChI=1S/Nb.2O.Ti/q+5;2*-2;+4. The molecule has 0 heterocycles. The van der Waals surface area contributed by atoms with Crippen LogP contribution in [0.15, 0.2) is 0 Å². The Bertz CT molecular complexity index is 6.00. The first kappa shape index (κ1) is 54.4. The van der Waals surface area contributed by atoms with Crippen LogP contribution < -0.4 is 0 Å². The quantitative estimate of drug-likeness (QED) is 0.453. The molecule has 2 nitrogen and oxygen atoms in total. The molecule has 0 aliphatic carbocycles. The number of hydrogen-bond donors (Lipinski definition) is 0. The zero-order valence-electron chi connectivity index (χ0n) is 1.76. The molecule has 4 heteroatoms. The molecular weight excluding hydrogens is 173 g/mol. The molecule has 0 atom stereocenters. The van der Waals surface area contributed by atoms with E-state index in [1.165, 1.54) is 0 Å². The van der Waals surface area contributed by atoms with Crippen molar-refractivity contribution in [2.45, 2.75) is 0 Å². The van der Waals surface area contributed by atoms with Crippen molar-refractivity contribution in [3.8, 4) is 0 Å². The first-order valence-electron chi connectivity index (χ1n) is 0. The molecule has 0 aliphatic rings. The predicted octanol–water partition coefficient (Wildman–Crippen LogP) is -0.243. The van der Waals surface area contributed by atoms with Gasteiger partial charge >= 0.3 is 44.1 Å². The monoisotopic (exact) mass is 173 g/mol. The summed E-state index contributed by atoms with van der Waals surface area (Å²) in [5.74, 6) is 0. The van der Waals surface area contributed by atoms with Gasteiger partial charge < -0.3 is 11.0 Å². The van der Waals surface area contributed by atoms with Gasteiger partial charge in [-0.25, -0.2) is 0 Å². The van der Waals surface area contributed by atoms with Gasteiger partial charge in [-0.15, -0.1) is 0 Å². The van der Waals surface area contributed by atoms with Gasteiger partial charge in [-0.1, -0.05) is 0 Å². The maximum atomic E-state index is 0. The summed E-state index contributed by atoms with van der Waals surface area (Å²) in [6.07, 6.45) is 0. The average molecular weight is 173 g/mol. The fraction of sp³-hybridized carbons (Fsp3) is 0. The van der Waals surface area contributed by atoms with Crippen molar-refractivity contribution in [2.75, 3.05) is 0 Å². The normalized spacial score (nSPS) is 0. The van der Waals surface area contributed by atoms with Crippen LogP contribution in [0.4, 0.5) is 0 Å². The second-order valence-corrected chi connectivity index (χ2v) is 0. The summed E-state index contributed by atoms with van der Waals surface area (Å²) in [4.78, 5) is 0. The predicted molar refractivity (Wildman–Crippen MR) is 1.37 cm³/mol. The van der Waals surface area contributed by atoms with Crippen LogP contribution in [-0.4, -0.2) is 0 Å². The van der Waals surface area contributed by atoms with Crippen LogP contribution in [0.1, 0.15) is 0 Å². The summed E-state index contributed by atoms with van der Waals surface area (Å²) < 4.78 is 0. The van der Waals surface area contributed by atoms with Crippen LogP contribution in [0.2, 0.25) is 0 Å². The largest absolute Gasteiger partial charge is 5.00 e. The van der Waals surface area contributed by atoms with E-state index in [9.17, 15) is 0 Å². The molecule has 0 aromatic carbocycles. The summed E-state index contributed by atoms with van der Waals surface area (Å²) in [6, 6.07) is 0. The fourth-order valence-corrected chi connectivity index (χ4v) is 0. The third-order valence-electron chi connectivity index (χ3n) is 0. The molecule has 0 saturated heterocycles. The molecule has 0 aromatic heterocycles. The number of hydrogen-bond acceptors (Lipinski definition) is 0. The molecule has 0 radical (unpaired) electrons. The average Bonchev–Trinajstić information content (AvgIpc) is 0. The van der Waals surface area contributed by atoms with Gasteiger partial charge in [0.15, 0.2) is 0 Å². The molecule has 0 spiro atoms. The zero-order chi connectivity index (χ0) is 0. The molecule has 0 unspecified atom stereocenters. The Morgan fingerprint density at radius 3 is 0.750 bits per heavy atom. The minimum Gasteiger partial charge on any atom is -2.00 e. The Balaban J connectivity index is 0. The second-order valence-electron chi connectivity index (χ2n) is 0. The first-order chi connectivity index (χ1) is 0. The van der Waals surface area contributed by atoms with Crippen molar-refractivity contribution >= 4 is 0 Å². The molecule has 0 saturated carbocycles. The van der Waals surface area contributed by atoms with E-state index in [4.69, 9.17) is 0 Å². The topological polar surface area (TPSA) is 57.0 Å². The maximum Gasteiger partial charge on any atom is 5.00 e. The molecule has 0 N–H and O–H groups in total. The summed E-state index contributed by atoms with van der Waals surface area (Å²) >= 11 is 0. The summed E-state index contributed by atoms with van der Waals surface area (Å²) in [6.45, 7) is 0. The van der Waals surface area contributed by atoms with Gasteiger partial charge in [0.05, 0.1) is 0 Å². The Kier molecular flexibility index (Phi) is 359. The second kappa shape index (κ2) is 26.4. The van der Waals surface area contributed by atoms with E-state index < -0.39 is 0 Å². The van der Waals surface area contributed by atoms with Crippen LogP contribution in [0, 0.1) is 0 Å². The van der Waals surface area contributed by atoms with Crippen molar-refractivity contribution in [1.82, 2.24) is 0 Å². The first-order valence-corrected chi connectivity index (χ1v) is 0. The van der Waals surface area contributed by atoms with Gasteiger partial charge in [0.25, 0.3) is 0 Å². The van der Waals surface area contributed by atoms with Gasteiger partial charge in [0.2, 0.25) is 0 Å². The van der Waals surface area contributed by atoms with Gasteiger partial charge in [-0.05, 0) is 0 Å². The third kappa shape index (κ3) is 10.1. The van der Waals surface area contributed by atoms with Crippen molar-refractivity contribution in [3.05, 3.63) is 0 Å². The van der Waals surface area contributed by atoms with Crippen LogP contribution in [0.3, 0.4) is 0 Å². The van der Waals surface area contributed by atoms with Gasteiger partial charge in [0.1, 0.15) is 0 Å². The van der Waals surface area contributed by atoms with E-state index in [0.29, 0.717) is 0 Å². The molecule has 4 heavy (non-hydrogen) atoms. The van der Waals surface area contributed by atoms with Crippen LogP contribution in [0.25, 0.3) is 0 Å². The van der Waals surface area contributed by atoms with Gasteiger partial charge in [-0.3, -0.25) is 0 Å². The van der Waals surface area contributed by atoms with Crippen molar-refractivity contribution < 1.29 is 55.1 Å². The van der Waals surface area contributed by atoms with E-state index in [1.807, 2.05) is 0 Å². The Morgan fingerprint density at radius 2 is 0.750 bits per heavy atom. The van der Waals surface area contributed by atoms with Crippen molar-refractivity contribution in [1.29, 1.82) is 0 Å². The van der Waals surface area contributed by atoms with E-state index in [2.05, 4.69) is 0 Å². The summed E-state index contributed by atoms with van der Waals surface area (Å²) in [5.41, 5.74) is 0. The van der Waals surface area contributed by atoms with E-state index in [0.717, 1.165) is 0 Å². The minimum atomic E-state index is 0. The maximum absolute atomic E-state index is 0. The number of rotatable bonds is 0.